The minimum atomic E-state index is -0.655. The van der Waals surface area contributed by atoms with Crippen LogP contribution in [0.25, 0.3) is 22.2 Å². The number of fused-ring (bicyclic) bond motifs is 2. The lowest BCUT2D eigenvalue weighted by Crippen LogP contribution is -2.55. The fraction of sp³-hybridized carbons (Fsp3) is 0.436. The van der Waals surface area contributed by atoms with Crippen molar-refractivity contribution in [3.63, 3.8) is 0 Å². The van der Waals surface area contributed by atoms with Crippen molar-refractivity contribution in [2.24, 2.45) is 11.5 Å². The number of amides is 4. The number of benzene rings is 1. The molecule has 19 nitrogen and oxygen atoms in total. The molecule has 1 fully saturated rings. The number of carbonyl (C=O) groups excluding carboxylic acids is 4. The maximum absolute atomic E-state index is 13.4. The van der Waals surface area contributed by atoms with Gasteiger partial charge in [0.15, 0.2) is 5.65 Å². The van der Waals surface area contributed by atoms with Crippen LogP contribution in [-0.4, -0.2) is 112 Å². The summed E-state index contributed by atoms with van der Waals surface area (Å²) < 4.78 is 16.9. The Labute approximate surface area is 335 Å². The molecule has 0 radical (unpaired) electrons. The number of allylic oxidation sites excluding steroid dienone is 2. The van der Waals surface area contributed by atoms with Gasteiger partial charge in [-0.3, -0.25) is 33.8 Å². The van der Waals surface area contributed by atoms with Crippen LogP contribution in [0, 0.1) is 6.92 Å². The van der Waals surface area contributed by atoms with Crippen LogP contribution in [-0.2, 0) is 24.4 Å². The number of nitrogen functional groups attached to an aromatic ring is 1. The molecule has 5 aromatic rings. The van der Waals surface area contributed by atoms with Crippen molar-refractivity contribution in [1.29, 1.82) is 0 Å². The molecule has 5 heterocycles. The molecule has 7 N–H and O–H groups in total. The van der Waals surface area contributed by atoms with Crippen molar-refractivity contribution >= 4 is 57.9 Å². The second kappa shape index (κ2) is 16.9. The van der Waals surface area contributed by atoms with Gasteiger partial charge in [0.1, 0.15) is 28.1 Å². The molecule has 1 aliphatic rings. The molecule has 1 saturated heterocycles. The largest absolute Gasteiger partial charge is 0.491 e. The van der Waals surface area contributed by atoms with Crippen molar-refractivity contribution in [3.05, 3.63) is 65.1 Å². The van der Waals surface area contributed by atoms with E-state index in [9.17, 15) is 19.2 Å². The standard InChI is InChI=1S/C39H51N13O6/c1-7-52-29(17-23(2)47-52)35(55)46-37-45-28-19-26(33(41)54)21-43-34(28)51(37)13-9-8-12-50-31-27(44-36(50)42)18-25(32(40)53)20-30(31)57-16-10-11-48-14-15-49(24(3)22-48)38(56)58-39(4,5)6/h8-9,17-21,24H,7,10-16,22H2,1-6H3,(H2,40,53)(H2,41,54)(H2,42,44)(H,45,46,55)/b9-8+/t24-/m0/s1. The number of pyridine rings is 1. The van der Waals surface area contributed by atoms with Gasteiger partial charge in [0.25, 0.3) is 5.91 Å². The fourth-order valence-corrected chi connectivity index (χ4v) is 6.89. The van der Waals surface area contributed by atoms with Gasteiger partial charge in [-0.2, -0.15) is 5.10 Å². The van der Waals surface area contributed by atoms with Crippen LogP contribution >= 0.6 is 0 Å². The number of hydrogen-bond donors (Lipinski definition) is 4. The van der Waals surface area contributed by atoms with E-state index in [1.807, 2.05) is 46.8 Å². The molecule has 6 rings (SSSR count). The van der Waals surface area contributed by atoms with Crippen LogP contribution in [0.15, 0.2) is 42.6 Å². The summed E-state index contributed by atoms with van der Waals surface area (Å²) in [5.41, 5.74) is 20.3. The normalized spacial score (nSPS) is 15.1. The number of nitrogens with two attached hydrogens (primary N) is 3. The second-order valence-electron chi connectivity index (χ2n) is 15.2. The Balaban J connectivity index is 1.17. The topological polar surface area (TPSA) is 250 Å². The van der Waals surface area contributed by atoms with Crippen molar-refractivity contribution in [3.8, 4) is 5.75 Å². The molecule has 0 saturated carbocycles. The van der Waals surface area contributed by atoms with E-state index in [2.05, 4.69) is 30.3 Å². The third-order valence-electron chi connectivity index (χ3n) is 9.61. The van der Waals surface area contributed by atoms with Crippen molar-refractivity contribution in [2.45, 2.75) is 79.2 Å². The number of hydrogen-bond acceptors (Lipinski definition) is 12. The molecular weight excluding hydrogens is 747 g/mol. The Morgan fingerprint density at radius 1 is 0.966 bits per heavy atom. The van der Waals surface area contributed by atoms with Gasteiger partial charge in [0, 0.05) is 63.6 Å². The lowest BCUT2D eigenvalue weighted by atomic mass is 10.1. The number of nitrogens with zero attached hydrogens (tertiary/aromatic N) is 9. The van der Waals surface area contributed by atoms with Gasteiger partial charge in [-0.15, -0.1) is 0 Å². The summed E-state index contributed by atoms with van der Waals surface area (Å²) in [4.78, 5) is 67.8. The first kappa shape index (κ1) is 41.1. The number of ether oxygens (including phenoxy) is 2. The summed E-state index contributed by atoms with van der Waals surface area (Å²) in [5, 5.41) is 7.24. The number of carbonyl (C=O) groups is 4. The van der Waals surface area contributed by atoms with E-state index in [1.165, 1.54) is 12.3 Å². The molecule has 4 amide bonds. The van der Waals surface area contributed by atoms with Crippen molar-refractivity contribution in [1.82, 2.24) is 43.7 Å². The van der Waals surface area contributed by atoms with Crippen LogP contribution in [0.2, 0.25) is 0 Å². The van der Waals surface area contributed by atoms with E-state index >= 15 is 0 Å². The van der Waals surface area contributed by atoms with Crippen LogP contribution in [0.5, 0.6) is 5.75 Å². The Hall–Kier alpha value is -6.50. The summed E-state index contributed by atoms with van der Waals surface area (Å²) in [6.07, 6.45) is 5.46. The minimum absolute atomic E-state index is 0.00803. The Bertz CT molecular complexity index is 2390. The van der Waals surface area contributed by atoms with E-state index in [4.69, 9.17) is 26.7 Å². The van der Waals surface area contributed by atoms with Crippen molar-refractivity contribution in [2.75, 3.05) is 43.8 Å². The third kappa shape index (κ3) is 9.20. The van der Waals surface area contributed by atoms with E-state index in [1.54, 1.807) is 43.8 Å². The molecule has 1 atom stereocenters. The first-order chi connectivity index (χ1) is 27.5. The van der Waals surface area contributed by atoms with Crippen LogP contribution < -0.4 is 27.3 Å². The molecule has 0 aliphatic carbocycles. The predicted molar refractivity (Wildman–Crippen MR) is 217 cm³/mol. The summed E-state index contributed by atoms with van der Waals surface area (Å²) in [6.45, 7) is 15.3. The first-order valence-electron chi connectivity index (χ1n) is 19.1. The summed E-state index contributed by atoms with van der Waals surface area (Å²) in [6, 6.07) is 6.38. The number of anilines is 2. The van der Waals surface area contributed by atoms with Gasteiger partial charge >= 0.3 is 6.09 Å². The molecule has 308 valence electrons. The summed E-state index contributed by atoms with van der Waals surface area (Å²) in [5.74, 6) is -0.868. The maximum Gasteiger partial charge on any atom is 0.410 e. The van der Waals surface area contributed by atoms with Gasteiger partial charge in [0.2, 0.25) is 23.7 Å². The monoisotopic (exact) mass is 797 g/mol. The highest BCUT2D eigenvalue weighted by molar-refractivity contribution is 6.03. The summed E-state index contributed by atoms with van der Waals surface area (Å²) in [7, 11) is 0. The highest BCUT2D eigenvalue weighted by atomic mass is 16.6. The van der Waals surface area contributed by atoms with E-state index in [0.29, 0.717) is 78.5 Å². The Morgan fingerprint density at radius 3 is 2.34 bits per heavy atom. The molecule has 0 unspecified atom stereocenters. The average Bonchev–Trinajstić information content (AvgIpc) is 3.81. The third-order valence-corrected chi connectivity index (χ3v) is 9.61. The van der Waals surface area contributed by atoms with E-state index in [0.717, 1.165) is 6.54 Å². The number of rotatable bonds is 14. The minimum Gasteiger partial charge on any atom is -0.491 e. The summed E-state index contributed by atoms with van der Waals surface area (Å²) >= 11 is 0. The number of aromatic nitrogens is 7. The molecule has 4 aromatic heterocycles. The highest BCUT2D eigenvalue weighted by Gasteiger charge is 2.30. The molecule has 0 spiro atoms. The quantitative estimate of drug-likeness (QED) is 0.0934. The van der Waals surface area contributed by atoms with Gasteiger partial charge in [-0.05, 0) is 72.2 Å². The lowest BCUT2D eigenvalue weighted by Gasteiger charge is -2.40. The Kier molecular flexibility index (Phi) is 12.0. The number of nitrogens with one attached hydrogen (secondary N) is 1. The van der Waals surface area contributed by atoms with E-state index < -0.39 is 23.3 Å². The molecule has 0 bridgehead atoms. The van der Waals surface area contributed by atoms with E-state index in [-0.39, 0.29) is 48.2 Å². The Morgan fingerprint density at radius 2 is 1.67 bits per heavy atom. The van der Waals surface area contributed by atoms with Gasteiger partial charge in [-0.25, -0.2) is 19.7 Å². The van der Waals surface area contributed by atoms with Crippen LogP contribution in [0.1, 0.15) is 77.9 Å². The number of piperazine rings is 1. The van der Waals surface area contributed by atoms with Gasteiger partial charge < -0.3 is 36.1 Å². The molecule has 19 heteroatoms. The van der Waals surface area contributed by atoms with Crippen LogP contribution in [0.3, 0.4) is 0 Å². The second-order valence-corrected chi connectivity index (χ2v) is 15.2. The number of imidazole rings is 2. The molecule has 1 aliphatic heterocycles. The fourth-order valence-electron chi connectivity index (χ4n) is 6.89. The number of aryl methyl sites for hydroxylation is 2. The number of primary amides is 2. The molecule has 58 heavy (non-hydrogen) atoms. The average molecular weight is 798 g/mol. The predicted octanol–water partition coefficient (Wildman–Crippen LogP) is 3.30. The zero-order valence-corrected chi connectivity index (χ0v) is 33.7. The smallest absolute Gasteiger partial charge is 0.410 e. The van der Waals surface area contributed by atoms with Gasteiger partial charge in [0.05, 0.1) is 23.4 Å². The van der Waals surface area contributed by atoms with Gasteiger partial charge in [-0.1, -0.05) is 12.2 Å². The highest BCUT2D eigenvalue weighted by Crippen LogP contribution is 2.30. The lowest BCUT2D eigenvalue weighted by molar-refractivity contribution is 0.00103. The van der Waals surface area contributed by atoms with Crippen molar-refractivity contribution < 1.29 is 28.7 Å². The van der Waals surface area contributed by atoms with Crippen LogP contribution in [0.4, 0.5) is 16.7 Å². The maximum atomic E-state index is 13.4. The first-order valence-corrected chi connectivity index (χ1v) is 19.1. The molecular formula is C39H51N13O6. The zero-order chi connectivity index (χ0) is 41.9. The molecule has 1 aromatic carbocycles. The SMILES string of the molecule is CCn1nc(C)cc1C(=O)Nc1nc2cc(C(N)=O)cnc2n1C/C=C/Cn1c(N)nc2cc(C(N)=O)cc(OCCCN3CCN(C(=O)OC(C)(C)C)[C@@H](C)C3)c21. The zero-order valence-electron chi connectivity index (χ0n) is 33.7.